The number of carbonyl (C=O) groups is 1. The van der Waals surface area contributed by atoms with Crippen LogP contribution in [0.3, 0.4) is 0 Å². The Kier molecular flexibility index (Phi) is 4.28. The first kappa shape index (κ1) is 13.0. The molecule has 1 amide bonds. The summed E-state index contributed by atoms with van der Waals surface area (Å²) in [7, 11) is 1.49. The van der Waals surface area contributed by atoms with E-state index < -0.39 is 0 Å². The van der Waals surface area contributed by atoms with Crippen molar-refractivity contribution in [2.24, 2.45) is 0 Å². The normalized spacial score (nSPS) is 18.8. The first-order valence-corrected chi connectivity index (χ1v) is 6.15. The molecule has 1 fully saturated rings. The van der Waals surface area contributed by atoms with Gasteiger partial charge in [0.1, 0.15) is 13.2 Å². The van der Waals surface area contributed by atoms with Gasteiger partial charge in [-0.15, -0.1) is 0 Å². The van der Waals surface area contributed by atoms with Crippen LogP contribution in [0.1, 0.15) is 5.56 Å². The van der Waals surface area contributed by atoms with E-state index in [1.54, 1.807) is 0 Å². The first-order valence-electron chi connectivity index (χ1n) is 5.74. The highest BCUT2D eigenvalue weighted by Gasteiger charge is 2.34. The molecule has 0 N–H and O–H groups in total. The average Bonchev–Trinajstić information content (AvgIpc) is 2.72. The molecule has 0 aliphatic carbocycles. The fourth-order valence-corrected chi connectivity index (χ4v) is 2.31. The second-order valence-electron chi connectivity index (χ2n) is 4.12. The van der Waals surface area contributed by atoms with Gasteiger partial charge in [0.05, 0.1) is 6.04 Å². The Morgan fingerprint density at radius 2 is 2.22 bits per heavy atom. The molecule has 0 unspecified atom stereocenters. The number of benzene rings is 1. The molecule has 2 rings (SSSR count). The molecule has 1 heterocycles. The zero-order chi connectivity index (χ0) is 13.0. The minimum Gasteiger partial charge on any atom is -0.468 e. The van der Waals surface area contributed by atoms with Crippen LogP contribution in [0, 0.1) is 0 Å². The molecule has 18 heavy (non-hydrogen) atoms. The van der Waals surface area contributed by atoms with Crippen LogP contribution in [0.2, 0.25) is 0 Å². The van der Waals surface area contributed by atoms with Gasteiger partial charge in [-0.3, -0.25) is 9.69 Å². The summed E-state index contributed by atoms with van der Waals surface area (Å²) >= 11 is 5.05. The fourth-order valence-electron chi connectivity index (χ4n) is 2.00. The topological polar surface area (TPSA) is 38.8 Å². The third kappa shape index (κ3) is 2.86. The van der Waals surface area contributed by atoms with Crippen LogP contribution in [0.15, 0.2) is 30.3 Å². The van der Waals surface area contributed by atoms with Crippen LogP contribution in [0.4, 0.5) is 0 Å². The molecule has 0 radical (unpaired) electrons. The van der Waals surface area contributed by atoms with Crippen molar-refractivity contribution < 1.29 is 14.3 Å². The number of hydrogen-bond acceptors (Lipinski definition) is 4. The van der Waals surface area contributed by atoms with Crippen molar-refractivity contribution in [1.82, 2.24) is 4.90 Å². The summed E-state index contributed by atoms with van der Waals surface area (Å²) in [4.78, 5) is 13.4. The van der Waals surface area contributed by atoms with E-state index in [1.807, 2.05) is 30.3 Å². The number of methoxy groups -OCH3 is 1. The van der Waals surface area contributed by atoms with Gasteiger partial charge in [-0.25, -0.2) is 0 Å². The third-order valence-electron chi connectivity index (χ3n) is 2.81. The Morgan fingerprint density at radius 3 is 2.89 bits per heavy atom. The van der Waals surface area contributed by atoms with Crippen molar-refractivity contribution in [3.8, 4) is 0 Å². The van der Waals surface area contributed by atoms with E-state index in [2.05, 4.69) is 0 Å². The van der Waals surface area contributed by atoms with E-state index in [9.17, 15) is 4.79 Å². The van der Waals surface area contributed by atoms with E-state index in [1.165, 1.54) is 12.0 Å². The van der Waals surface area contributed by atoms with Gasteiger partial charge < -0.3 is 9.47 Å². The molecule has 1 aliphatic heterocycles. The standard InChI is InChI=1S/C13H15NO3S/c1-16-9-12(15)14-11(8-17-13(14)18)7-10-5-3-2-4-6-10/h2-6,11H,7-9H2,1H3/t11-/m0/s1. The molecule has 0 aromatic heterocycles. The van der Waals surface area contributed by atoms with Crippen molar-refractivity contribution in [2.45, 2.75) is 12.5 Å². The summed E-state index contributed by atoms with van der Waals surface area (Å²) in [6, 6.07) is 9.94. The van der Waals surface area contributed by atoms with Crippen LogP contribution < -0.4 is 0 Å². The highest BCUT2D eigenvalue weighted by Crippen LogP contribution is 2.17. The Bertz CT molecular complexity index is 435. The predicted molar refractivity (Wildman–Crippen MR) is 71.2 cm³/mol. The number of carbonyl (C=O) groups excluding carboxylic acids is 1. The van der Waals surface area contributed by atoms with Gasteiger partial charge in [0, 0.05) is 7.11 Å². The summed E-state index contributed by atoms with van der Waals surface area (Å²) < 4.78 is 10.2. The Morgan fingerprint density at radius 1 is 1.50 bits per heavy atom. The number of hydrogen-bond donors (Lipinski definition) is 0. The maximum absolute atomic E-state index is 11.9. The molecule has 4 nitrogen and oxygen atoms in total. The number of thiocarbonyl (C=S) groups is 1. The second kappa shape index (κ2) is 5.93. The van der Waals surface area contributed by atoms with Crippen LogP contribution >= 0.6 is 12.2 Å². The predicted octanol–water partition coefficient (Wildman–Crippen LogP) is 1.39. The van der Waals surface area contributed by atoms with Gasteiger partial charge >= 0.3 is 0 Å². The van der Waals surface area contributed by atoms with E-state index in [0.717, 1.165) is 12.0 Å². The summed E-state index contributed by atoms with van der Waals surface area (Å²) in [5.74, 6) is -0.152. The number of rotatable bonds is 4. The molecule has 96 valence electrons. The first-order chi connectivity index (χ1) is 8.72. The zero-order valence-corrected chi connectivity index (χ0v) is 11.0. The van der Waals surface area contributed by atoms with Gasteiger partial charge in [-0.2, -0.15) is 0 Å². The van der Waals surface area contributed by atoms with E-state index in [0.29, 0.717) is 6.61 Å². The number of nitrogens with zero attached hydrogens (tertiary/aromatic N) is 1. The van der Waals surface area contributed by atoms with Gasteiger partial charge in [0.2, 0.25) is 0 Å². The zero-order valence-electron chi connectivity index (χ0n) is 10.2. The van der Waals surface area contributed by atoms with Gasteiger partial charge in [-0.05, 0) is 24.2 Å². The lowest BCUT2D eigenvalue weighted by atomic mass is 10.1. The van der Waals surface area contributed by atoms with Crippen LogP contribution in [0.25, 0.3) is 0 Å². The Hall–Kier alpha value is -1.46. The van der Waals surface area contributed by atoms with E-state index in [4.69, 9.17) is 21.7 Å². The average molecular weight is 265 g/mol. The van der Waals surface area contributed by atoms with Crippen molar-refractivity contribution in [3.63, 3.8) is 0 Å². The summed E-state index contributed by atoms with van der Waals surface area (Å²) in [5, 5.41) is 0.248. The van der Waals surface area contributed by atoms with Crippen LogP contribution in [0.5, 0.6) is 0 Å². The van der Waals surface area contributed by atoms with Crippen molar-refractivity contribution in [2.75, 3.05) is 20.3 Å². The van der Waals surface area contributed by atoms with Gasteiger partial charge in [0.15, 0.2) is 0 Å². The molecule has 1 aliphatic rings. The molecular weight excluding hydrogens is 250 g/mol. The van der Waals surface area contributed by atoms with Gasteiger partial charge in [-0.1, -0.05) is 30.3 Å². The smallest absolute Gasteiger partial charge is 0.266 e. The monoisotopic (exact) mass is 265 g/mol. The minimum atomic E-state index is -0.152. The third-order valence-corrected chi connectivity index (χ3v) is 3.13. The largest absolute Gasteiger partial charge is 0.468 e. The molecule has 0 saturated carbocycles. The molecule has 5 heteroatoms. The number of amides is 1. The lowest BCUT2D eigenvalue weighted by molar-refractivity contribution is -0.132. The minimum absolute atomic E-state index is 0.0226. The maximum Gasteiger partial charge on any atom is 0.266 e. The van der Waals surface area contributed by atoms with Crippen LogP contribution in [-0.4, -0.2) is 42.3 Å². The summed E-state index contributed by atoms with van der Waals surface area (Å²) in [6.07, 6.45) is 0.733. The van der Waals surface area contributed by atoms with Crippen LogP contribution in [-0.2, 0) is 20.7 Å². The molecule has 0 spiro atoms. The highest BCUT2D eigenvalue weighted by molar-refractivity contribution is 7.80. The Balaban J connectivity index is 2.07. The molecule has 0 bridgehead atoms. The molecule has 1 atom stereocenters. The lowest BCUT2D eigenvalue weighted by Gasteiger charge is -2.20. The SMILES string of the molecule is COCC(=O)N1C(=S)OC[C@@H]1Cc1ccccc1. The number of ether oxygens (including phenoxy) is 2. The van der Waals surface area contributed by atoms with Crippen molar-refractivity contribution in [3.05, 3.63) is 35.9 Å². The van der Waals surface area contributed by atoms with E-state index >= 15 is 0 Å². The fraction of sp³-hybridized carbons (Fsp3) is 0.385. The second-order valence-corrected chi connectivity index (χ2v) is 4.47. The van der Waals surface area contributed by atoms with E-state index in [-0.39, 0.29) is 23.7 Å². The Labute approximate surface area is 111 Å². The molecule has 1 saturated heterocycles. The molecular formula is C13H15NO3S. The van der Waals surface area contributed by atoms with Crippen molar-refractivity contribution >= 4 is 23.3 Å². The van der Waals surface area contributed by atoms with Crippen molar-refractivity contribution in [1.29, 1.82) is 0 Å². The highest BCUT2D eigenvalue weighted by atomic mass is 32.1. The summed E-state index contributed by atoms with van der Waals surface area (Å²) in [6.45, 7) is 0.470. The maximum atomic E-state index is 11.9. The quantitative estimate of drug-likeness (QED) is 0.771. The molecule has 1 aromatic rings. The molecule has 1 aromatic carbocycles. The van der Waals surface area contributed by atoms with Gasteiger partial charge in [0.25, 0.3) is 11.1 Å². The summed E-state index contributed by atoms with van der Waals surface area (Å²) in [5.41, 5.74) is 1.16. The lowest BCUT2D eigenvalue weighted by Crippen LogP contribution is -2.41.